The summed E-state index contributed by atoms with van der Waals surface area (Å²) in [6, 6.07) is 11.4. The maximum atomic E-state index is 13.5. The van der Waals surface area contributed by atoms with Crippen LogP contribution in [0, 0.1) is 19.7 Å². The molecule has 2 aromatic rings. The Morgan fingerprint density at radius 3 is 2.00 bits per heavy atom. The van der Waals surface area contributed by atoms with E-state index in [9.17, 15) is 4.39 Å². The van der Waals surface area contributed by atoms with Gasteiger partial charge in [-0.3, -0.25) is 0 Å². The van der Waals surface area contributed by atoms with Crippen LogP contribution in [0.5, 0.6) is 11.5 Å². The van der Waals surface area contributed by atoms with Crippen LogP contribution in [0.1, 0.15) is 23.6 Å². The van der Waals surface area contributed by atoms with Crippen LogP contribution in [0.2, 0.25) is 0 Å². The number of halogens is 1. The van der Waals surface area contributed by atoms with Crippen LogP contribution in [-0.4, -0.2) is 0 Å². The van der Waals surface area contributed by atoms with E-state index < -0.39 is 0 Å². The van der Waals surface area contributed by atoms with Gasteiger partial charge >= 0.3 is 0 Å². The fourth-order valence-electron chi connectivity index (χ4n) is 1.89. The predicted molar refractivity (Wildman–Crippen MR) is 71.8 cm³/mol. The summed E-state index contributed by atoms with van der Waals surface area (Å²) in [6.07, 6.45) is 1.01. The lowest BCUT2D eigenvalue weighted by molar-refractivity contribution is 0.478. The first kappa shape index (κ1) is 12.6. The van der Waals surface area contributed by atoms with Crippen LogP contribution in [-0.2, 0) is 6.42 Å². The summed E-state index contributed by atoms with van der Waals surface area (Å²) < 4.78 is 19.2. The third-order valence-corrected chi connectivity index (χ3v) is 2.98. The Hall–Kier alpha value is -1.83. The number of hydrogen-bond donors (Lipinski definition) is 0. The molecule has 0 N–H and O–H groups in total. The van der Waals surface area contributed by atoms with Crippen LogP contribution in [0.3, 0.4) is 0 Å². The lowest BCUT2D eigenvalue weighted by atomic mass is 10.1. The van der Waals surface area contributed by atoms with Gasteiger partial charge in [0.15, 0.2) is 0 Å². The Kier molecular flexibility index (Phi) is 3.66. The Morgan fingerprint density at radius 2 is 1.50 bits per heavy atom. The summed E-state index contributed by atoms with van der Waals surface area (Å²) in [5.41, 5.74) is 2.49. The molecule has 0 aliphatic heterocycles. The van der Waals surface area contributed by atoms with Crippen LogP contribution in [0.25, 0.3) is 0 Å². The van der Waals surface area contributed by atoms with E-state index in [0.717, 1.165) is 12.2 Å². The van der Waals surface area contributed by atoms with Gasteiger partial charge in [0.1, 0.15) is 17.3 Å². The van der Waals surface area contributed by atoms with E-state index >= 15 is 0 Å². The van der Waals surface area contributed by atoms with Crippen molar-refractivity contribution in [1.29, 1.82) is 0 Å². The maximum Gasteiger partial charge on any atom is 0.129 e. The molecule has 0 heterocycles. The van der Waals surface area contributed by atoms with Gasteiger partial charge in [0.25, 0.3) is 0 Å². The highest BCUT2D eigenvalue weighted by molar-refractivity contribution is 5.38. The van der Waals surface area contributed by atoms with E-state index in [1.807, 2.05) is 24.3 Å². The minimum Gasteiger partial charge on any atom is -0.457 e. The lowest BCUT2D eigenvalue weighted by Gasteiger charge is -2.09. The molecular formula is C16H17FO. The maximum absolute atomic E-state index is 13.5. The van der Waals surface area contributed by atoms with E-state index in [1.165, 1.54) is 5.56 Å². The smallest absolute Gasteiger partial charge is 0.129 e. The number of benzene rings is 2. The summed E-state index contributed by atoms with van der Waals surface area (Å²) in [5, 5.41) is 0. The molecule has 1 nitrogen and oxygen atoms in total. The molecule has 0 aromatic heterocycles. The second kappa shape index (κ2) is 5.21. The first-order valence-electron chi connectivity index (χ1n) is 6.13. The minimum atomic E-state index is -0.163. The fourth-order valence-corrected chi connectivity index (χ4v) is 1.89. The molecule has 2 aromatic carbocycles. The van der Waals surface area contributed by atoms with Gasteiger partial charge in [-0.25, -0.2) is 4.39 Å². The predicted octanol–water partition coefficient (Wildman–Crippen LogP) is 4.80. The second-order valence-corrected chi connectivity index (χ2v) is 4.47. The van der Waals surface area contributed by atoms with Crippen LogP contribution in [0.4, 0.5) is 4.39 Å². The standard InChI is InChI=1S/C16H17FO/c1-4-13-5-7-14(8-6-13)18-15-9-11(2)16(17)12(3)10-15/h5-10H,4H2,1-3H3. The van der Waals surface area contributed by atoms with Crippen LogP contribution < -0.4 is 4.74 Å². The number of rotatable bonds is 3. The molecule has 2 rings (SSSR count). The molecule has 0 bridgehead atoms. The van der Waals surface area contributed by atoms with Crippen molar-refractivity contribution in [1.82, 2.24) is 0 Å². The first-order valence-corrected chi connectivity index (χ1v) is 6.13. The molecule has 0 atom stereocenters. The zero-order valence-corrected chi connectivity index (χ0v) is 11.0. The molecular weight excluding hydrogens is 227 g/mol. The molecule has 0 radical (unpaired) electrons. The number of hydrogen-bond acceptors (Lipinski definition) is 1. The molecule has 94 valence electrons. The number of ether oxygens (including phenoxy) is 1. The normalized spacial score (nSPS) is 10.4. The quantitative estimate of drug-likeness (QED) is 0.753. The Bertz CT molecular complexity index is 521. The molecule has 0 amide bonds. The molecule has 0 saturated carbocycles. The van der Waals surface area contributed by atoms with E-state index in [-0.39, 0.29) is 5.82 Å². The van der Waals surface area contributed by atoms with Gasteiger partial charge in [-0.15, -0.1) is 0 Å². The largest absolute Gasteiger partial charge is 0.457 e. The third-order valence-electron chi connectivity index (χ3n) is 2.98. The van der Waals surface area contributed by atoms with E-state index in [1.54, 1.807) is 26.0 Å². The molecule has 0 fully saturated rings. The summed E-state index contributed by atoms with van der Waals surface area (Å²) >= 11 is 0. The van der Waals surface area contributed by atoms with E-state index in [0.29, 0.717) is 16.9 Å². The van der Waals surface area contributed by atoms with Gasteiger partial charge in [0, 0.05) is 0 Å². The summed E-state index contributed by atoms with van der Waals surface area (Å²) in [4.78, 5) is 0. The molecule has 0 unspecified atom stereocenters. The zero-order chi connectivity index (χ0) is 13.1. The minimum absolute atomic E-state index is 0.163. The van der Waals surface area contributed by atoms with Crippen molar-refractivity contribution in [2.45, 2.75) is 27.2 Å². The van der Waals surface area contributed by atoms with E-state index in [4.69, 9.17) is 4.74 Å². The summed E-state index contributed by atoms with van der Waals surface area (Å²) in [5.74, 6) is 1.29. The van der Waals surface area contributed by atoms with E-state index in [2.05, 4.69) is 6.92 Å². The van der Waals surface area contributed by atoms with Gasteiger partial charge in [-0.05, 0) is 61.2 Å². The van der Waals surface area contributed by atoms with Gasteiger partial charge in [0.2, 0.25) is 0 Å². The topological polar surface area (TPSA) is 9.23 Å². The fraction of sp³-hybridized carbons (Fsp3) is 0.250. The average molecular weight is 244 g/mol. The highest BCUT2D eigenvalue weighted by Crippen LogP contribution is 2.25. The van der Waals surface area contributed by atoms with Crippen molar-refractivity contribution in [2.24, 2.45) is 0 Å². The second-order valence-electron chi connectivity index (χ2n) is 4.47. The summed E-state index contributed by atoms with van der Waals surface area (Å²) in [7, 11) is 0. The highest BCUT2D eigenvalue weighted by Gasteiger charge is 2.05. The van der Waals surface area contributed by atoms with Crippen LogP contribution >= 0.6 is 0 Å². The molecule has 0 saturated heterocycles. The van der Waals surface area contributed by atoms with Crippen molar-refractivity contribution in [3.05, 3.63) is 58.9 Å². The average Bonchev–Trinajstić information content (AvgIpc) is 2.37. The molecule has 0 aliphatic carbocycles. The zero-order valence-electron chi connectivity index (χ0n) is 11.0. The third kappa shape index (κ3) is 2.70. The molecule has 18 heavy (non-hydrogen) atoms. The molecule has 2 heteroatoms. The SMILES string of the molecule is CCc1ccc(Oc2cc(C)c(F)c(C)c2)cc1. The summed E-state index contributed by atoms with van der Waals surface area (Å²) in [6.45, 7) is 5.60. The van der Waals surface area contributed by atoms with Gasteiger partial charge in [-0.2, -0.15) is 0 Å². The monoisotopic (exact) mass is 244 g/mol. The Morgan fingerprint density at radius 1 is 0.944 bits per heavy atom. The Labute approximate surface area is 107 Å². The Balaban J connectivity index is 2.23. The first-order chi connectivity index (χ1) is 8.60. The van der Waals surface area contributed by atoms with Crippen molar-refractivity contribution in [3.8, 4) is 11.5 Å². The molecule has 0 aliphatic rings. The number of aryl methyl sites for hydroxylation is 3. The highest BCUT2D eigenvalue weighted by atomic mass is 19.1. The van der Waals surface area contributed by atoms with Gasteiger partial charge in [0.05, 0.1) is 0 Å². The lowest BCUT2D eigenvalue weighted by Crippen LogP contribution is -1.91. The van der Waals surface area contributed by atoms with Crippen molar-refractivity contribution < 1.29 is 9.13 Å². The van der Waals surface area contributed by atoms with Gasteiger partial charge in [-0.1, -0.05) is 19.1 Å². The molecule has 0 spiro atoms. The van der Waals surface area contributed by atoms with Crippen molar-refractivity contribution in [3.63, 3.8) is 0 Å². The van der Waals surface area contributed by atoms with Crippen LogP contribution in [0.15, 0.2) is 36.4 Å². The van der Waals surface area contributed by atoms with Crippen molar-refractivity contribution in [2.75, 3.05) is 0 Å². The van der Waals surface area contributed by atoms with Gasteiger partial charge < -0.3 is 4.74 Å². The van der Waals surface area contributed by atoms with Crippen molar-refractivity contribution >= 4 is 0 Å².